The second kappa shape index (κ2) is 1.82. The summed E-state index contributed by atoms with van der Waals surface area (Å²) in [6.45, 7) is 1.66. The summed E-state index contributed by atoms with van der Waals surface area (Å²) in [5.41, 5.74) is 0. The maximum Gasteiger partial charge on any atom is 0.133 e. The van der Waals surface area contributed by atoms with Crippen molar-refractivity contribution in [1.29, 1.82) is 0 Å². The highest BCUT2D eigenvalue weighted by molar-refractivity contribution is 5.82. The first-order valence-corrected chi connectivity index (χ1v) is 3.88. The second-order valence-electron chi connectivity index (χ2n) is 3.59. The van der Waals surface area contributed by atoms with Crippen LogP contribution in [0.5, 0.6) is 0 Å². The van der Waals surface area contributed by atoms with Crippen molar-refractivity contribution in [3.63, 3.8) is 0 Å². The Morgan fingerprint density at radius 3 is 2.30 bits per heavy atom. The molecule has 0 radical (unpaired) electrons. The molecule has 0 bridgehead atoms. The lowest BCUT2D eigenvalue weighted by atomic mass is 10.1. The first-order chi connectivity index (χ1) is 4.70. The Bertz CT molecular complexity index is 164. The van der Waals surface area contributed by atoms with Gasteiger partial charge in [0.25, 0.3) is 0 Å². The normalized spacial score (nSPS) is 50.6. The van der Waals surface area contributed by atoms with Crippen LogP contribution in [0.2, 0.25) is 0 Å². The van der Waals surface area contributed by atoms with E-state index in [0.717, 1.165) is 12.8 Å². The summed E-state index contributed by atoms with van der Waals surface area (Å²) in [6, 6.07) is 0. The van der Waals surface area contributed by atoms with Crippen LogP contribution in [-0.2, 0) is 4.79 Å². The van der Waals surface area contributed by atoms with Crippen LogP contribution in [0.15, 0.2) is 0 Å². The van der Waals surface area contributed by atoms with E-state index in [2.05, 4.69) is 0 Å². The van der Waals surface area contributed by atoms with E-state index in [1.54, 1.807) is 6.92 Å². The molecule has 2 atom stereocenters. The van der Waals surface area contributed by atoms with Crippen LogP contribution in [0.3, 0.4) is 0 Å². The summed E-state index contributed by atoms with van der Waals surface area (Å²) in [7, 11) is 0. The van der Waals surface area contributed by atoms with E-state index in [1.165, 1.54) is 0 Å². The zero-order chi connectivity index (χ0) is 7.30. The Kier molecular flexibility index (Phi) is 1.15. The average molecular weight is 140 g/mol. The first-order valence-electron chi connectivity index (χ1n) is 3.88. The molecule has 2 heteroatoms. The molecule has 2 fully saturated rings. The first kappa shape index (κ1) is 6.35. The molecule has 2 saturated carbocycles. The molecule has 0 aromatic rings. The van der Waals surface area contributed by atoms with Gasteiger partial charge in [-0.25, -0.2) is 0 Å². The Morgan fingerprint density at radius 2 is 1.90 bits per heavy atom. The molecule has 0 heterocycles. The third-order valence-corrected chi connectivity index (χ3v) is 2.89. The number of carbonyl (C=O) groups excluding carboxylic acids is 1. The molecule has 10 heavy (non-hydrogen) atoms. The molecule has 2 aliphatic carbocycles. The lowest BCUT2D eigenvalue weighted by Crippen LogP contribution is -2.09. The third kappa shape index (κ3) is 0.717. The van der Waals surface area contributed by atoms with Crippen molar-refractivity contribution in [1.82, 2.24) is 0 Å². The van der Waals surface area contributed by atoms with Crippen molar-refractivity contribution in [3.8, 4) is 0 Å². The van der Waals surface area contributed by atoms with Gasteiger partial charge in [0.05, 0.1) is 6.10 Å². The van der Waals surface area contributed by atoms with Crippen LogP contribution < -0.4 is 0 Å². The molecule has 2 rings (SSSR count). The van der Waals surface area contributed by atoms with Crippen molar-refractivity contribution >= 4 is 5.78 Å². The quantitative estimate of drug-likeness (QED) is 0.579. The summed E-state index contributed by atoms with van der Waals surface area (Å²) in [4.78, 5) is 10.8. The minimum Gasteiger partial charge on any atom is -0.393 e. The van der Waals surface area contributed by atoms with Crippen LogP contribution in [0.1, 0.15) is 19.8 Å². The minimum atomic E-state index is -0.106. The number of aliphatic hydroxyl groups excluding tert-OH is 1. The minimum absolute atomic E-state index is 0.106. The number of carbonyl (C=O) groups is 1. The van der Waals surface area contributed by atoms with Crippen LogP contribution >= 0.6 is 0 Å². The smallest absolute Gasteiger partial charge is 0.133 e. The standard InChI is InChI=1S/C8H12O2/c1-4(9)8-6-2-5(10)3-7(6)8/h5-8,10H,2-3H2,1H3. The number of hydrogen-bond donors (Lipinski definition) is 1. The number of aliphatic hydroxyl groups is 1. The highest BCUT2D eigenvalue weighted by Gasteiger charge is 2.57. The topological polar surface area (TPSA) is 37.3 Å². The fraction of sp³-hybridized carbons (Fsp3) is 0.875. The number of rotatable bonds is 1. The lowest BCUT2D eigenvalue weighted by molar-refractivity contribution is -0.119. The Balaban J connectivity index is 1.98. The molecule has 2 nitrogen and oxygen atoms in total. The van der Waals surface area contributed by atoms with E-state index >= 15 is 0 Å². The van der Waals surface area contributed by atoms with Gasteiger partial charge < -0.3 is 5.11 Å². The van der Waals surface area contributed by atoms with Crippen molar-refractivity contribution < 1.29 is 9.90 Å². The van der Waals surface area contributed by atoms with Gasteiger partial charge in [0.1, 0.15) is 5.78 Å². The molecule has 0 aromatic heterocycles. The van der Waals surface area contributed by atoms with Gasteiger partial charge in [-0.2, -0.15) is 0 Å². The molecule has 0 aliphatic heterocycles. The summed E-state index contributed by atoms with van der Waals surface area (Å²) in [6.07, 6.45) is 1.63. The van der Waals surface area contributed by atoms with Gasteiger partial charge in [-0.05, 0) is 31.6 Å². The van der Waals surface area contributed by atoms with Crippen molar-refractivity contribution in [2.24, 2.45) is 17.8 Å². The predicted molar refractivity (Wildman–Crippen MR) is 36.4 cm³/mol. The molecule has 0 saturated heterocycles. The van der Waals surface area contributed by atoms with Crippen LogP contribution in [-0.4, -0.2) is 17.0 Å². The van der Waals surface area contributed by atoms with E-state index in [9.17, 15) is 4.79 Å². The van der Waals surface area contributed by atoms with Gasteiger partial charge in [-0.1, -0.05) is 0 Å². The number of Topliss-reactive ketones (excluding diaryl/α,β-unsaturated/α-hetero) is 1. The zero-order valence-corrected chi connectivity index (χ0v) is 6.08. The summed E-state index contributed by atoms with van der Waals surface area (Å²) in [5.74, 6) is 1.74. The van der Waals surface area contributed by atoms with Crippen molar-refractivity contribution in [3.05, 3.63) is 0 Å². The van der Waals surface area contributed by atoms with E-state index in [0.29, 0.717) is 23.5 Å². The summed E-state index contributed by atoms with van der Waals surface area (Å²) < 4.78 is 0. The number of hydrogen-bond acceptors (Lipinski definition) is 2. The molecule has 1 N–H and O–H groups in total. The molecular weight excluding hydrogens is 128 g/mol. The average Bonchev–Trinajstić information content (AvgIpc) is 2.32. The van der Waals surface area contributed by atoms with E-state index in [4.69, 9.17) is 5.11 Å². The van der Waals surface area contributed by atoms with E-state index in [1.807, 2.05) is 0 Å². The monoisotopic (exact) mass is 140 g/mol. The second-order valence-corrected chi connectivity index (χ2v) is 3.59. The largest absolute Gasteiger partial charge is 0.393 e. The highest BCUT2D eigenvalue weighted by Crippen LogP contribution is 2.57. The number of fused-ring (bicyclic) bond motifs is 1. The Hall–Kier alpha value is -0.370. The highest BCUT2D eigenvalue weighted by atomic mass is 16.3. The van der Waals surface area contributed by atoms with Crippen LogP contribution in [0.25, 0.3) is 0 Å². The van der Waals surface area contributed by atoms with Crippen LogP contribution in [0, 0.1) is 17.8 Å². The summed E-state index contributed by atoms with van der Waals surface area (Å²) in [5, 5.41) is 9.12. The van der Waals surface area contributed by atoms with E-state index < -0.39 is 0 Å². The fourth-order valence-electron chi connectivity index (χ4n) is 2.42. The van der Waals surface area contributed by atoms with Crippen molar-refractivity contribution in [2.75, 3.05) is 0 Å². The number of ketones is 1. The lowest BCUT2D eigenvalue weighted by Gasteiger charge is -2.03. The zero-order valence-electron chi connectivity index (χ0n) is 6.08. The maximum absolute atomic E-state index is 10.8. The van der Waals surface area contributed by atoms with Crippen molar-refractivity contribution in [2.45, 2.75) is 25.9 Å². The van der Waals surface area contributed by atoms with E-state index in [-0.39, 0.29) is 6.10 Å². The molecule has 2 aliphatic rings. The predicted octanol–water partition coefficient (Wildman–Crippen LogP) is 0.592. The molecule has 0 amide bonds. The van der Waals surface area contributed by atoms with Gasteiger partial charge in [0.2, 0.25) is 0 Å². The molecule has 0 aromatic carbocycles. The molecule has 0 spiro atoms. The van der Waals surface area contributed by atoms with Gasteiger partial charge in [-0.3, -0.25) is 4.79 Å². The third-order valence-electron chi connectivity index (χ3n) is 2.89. The fourth-order valence-corrected chi connectivity index (χ4v) is 2.42. The molecule has 2 unspecified atom stereocenters. The molecule has 56 valence electrons. The van der Waals surface area contributed by atoms with Gasteiger partial charge in [0, 0.05) is 5.92 Å². The van der Waals surface area contributed by atoms with Crippen LogP contribution in [0.4, 0.5) is 0 Å². The SMILES string of the molecule is CC(=O)C1C2CC(O)CC21. The Morgan fingerprint density at radius 1 is 1.40 bits per heavy atom. The molecular formula is C8H12O2. The van der Waals surface area contributed by atoms with Gasteiger partial charge in [0.15, 0.2) is 0 Å². The summed E-state index contributed by atoms with van der Waals surface area (Å²) >= 11 is 0. The Labute approximate surface area is 60.2 Å². The van der Waals surface area contributed by atoms with Gasteiger partial charge >= 0.3 is 0 Å². The van der Waals surface area contributed by atoms with Gasteiger partial charge in [-0.15, -0.1) is 0 Å². The maximum atomic E-state index is 10.8.